The molecule has 102 valence electrons. The molecule has 0 amide bonds. The van der Waals surface area contributed by atoms with E-state index in [2.05, 4.69) is 27.5 Å². The van der Waals surface area contributed by atoms with Crippen molar-refractivity contribution in [3.8, 4) is 0 Å². The lowest BCUT2D eigenvalue weighted by molar-refractivity contribution is 0.187. The fourth-order valence-electron chi connectivity index (χ4n) is 3.00. The van der Waals surface area contributed by atoms with Crippen molar-refractivity contribution in [2.75, 3.05) is 7.05 Å². The zero-order chi connectivity index (χ0) is 13.2. The van der Waals surface area contributed by atoms with E-state index in [4.69, 9.17) is 11.6 Å². The van der Waals surface area contributed by atoms with Gasteiger partial charge in [-0.2, -0.15) is 0 Å². The maximum Gasteiger partial charge on any atom is 0.137 e. The largest absolute Gasteiger partial charge is 0.307 e. The van der Waals surface area contributed by atoms with Gasteiger partial charge in [-0.25, -0.2) is 4.98 Å². The monoisotopic (exact) mass is 277 g/mol. The summed E-state index contributed by atoms with van der Waals surface area (Å²) >= 11 is 6.46. The average molecular weight is 278 g/mol. The van der Waals surface area contributed by atoms with Gasteiger partial charge in [0.25, 0.3) is 0 Å². The Morgan fingerprint density at radius 2 is 2.21 bits per heavy atom. The van der Waals surface area contributed by atoms with Crippen LogP contribution in [0.15, 0.2) is 30.6 Å². The maximum absolute atomic E-state index is 6.46. The van der Waals surface area contributed by atoms with Crippen molar-refractivity contribution in [3.05, 3.63) is 36.3 Å². The van der Waals surface area contributed by atoms with Crippen molar-refractivity contribution < 1.29 is 0 Å². The minimum absolute atomic E-state index is 0.288. The molecule has 1 aliphatic rings. The fourth-order valence-corrected chi connectivity index (χ4v) is 3.47. The first-order chi connectivity index (χ1) is 9.24. The van der Waals surface area contributed by atoms with E-state index in [1.165, 1.54) is 19.3 Å². The van der Waals surface area contributed by atoms with Crippen molar-refractivity contribution in [2.45, 2.75) is 43.6 Å². The van der Waals surface area contributed by atoms with Crippen molar-refractivity contribution in [1.29, 1.82) is 0 Å². The molecule has 4 heteroatoms. The number of alkyl halides is 1. The normalized spacial score (nSPS) is 24.2. The molecule has 0 bridgehead atoms. The lowest BCUT2D eigenvalue weighted by Gasteiger charge is -2.34. The predicted molar refractivity (Wildman–Crippen MR) is 78.6 cm³/mol. The molecule has 2 aromatic rings. The number of hydrogen-bond acceptors (Lipinski definition) is 2. The second-order valence-corrected chi connectivity index (χ2v) is 6.04. The van der Waals surface area contributed by atoms with Crippen LogP contribution in [-0.2, 0) is 6.54 Å². The Bertz CT molecular complexity index is 518. The molecule has 0 aromatic carbocycles. The van der Waals surface area contributed by atoms with Gasteiger partial charge in [-0.1, -0.05) is 18.9 Å². The number of nitrogens with zero attached hydrogens (tertiary/aromatic N) is 3. The molecule has 1 aliphatic carbocycles. The molecule has 2 unspecified atom stereocenters. The summed E-state index contributed by atoms with van der Waals surface area (Å²) in [5.74, 6) is 0. The summed E-state index contributed by atoms with van der Waals surface area (Å²) in [5.41, 5.74) is 2.13. The number of aromatic nitrogens is 2. The highest BCUT2D eigenvalue weighted by Gasteiger charge is 2.26. The molecule has 0 saturated heterocycles. The van der Waals surface area contributed by atoms with Crippen LogP contribution in [0.3, 0.4) is 0 Å². The molecule has 1 saturated carbocycles. The fraction of sp³-hybridized carbons (Fsp3) is 0.533. The van der Waals surface area contributed by atoms with Gasteiger partial charge in [0.05, 0.1) is 5.69 Å². The summed E-state index contributed by atoms with van der Waals surface area (Å²) in [5, 5.41) is 0.288. The average Bonchev–Trinajstić information content (AvgIpc) is 2.81. The summed E-state index contributed by atoms with van der Waals surface area (Å²) in [7, 11) is 2.16. The number of pyridine rings is 1. The van der Waals surface area contributed by atoms with Crippen LogP contribution in [0.1, 0.15) is 31.4 Å². The van der Waals surface area contributed by atoms with Crippen LogP contribution in [0.4, 0.5) is 0 Å². The van der Waals surface area contributed by atoms with Gasteiger partial charge >= 0.3 is 0 Å². The lowest BCUT2D eigenvalue weighted by Crippen LogP contribution is -2.40. The summed E-state index contributed by atoms with van der Waals surface area (Å²) in [6.45, 7) is 0.871. The van der Waals surface area contributed by atoms with Crippen molar-refractivity contribution >= 4 is 17.2 Å². The molecule has 3 rings (SSSR count). The quantitative estimate of drug-likeness (QED) is 0.803. The van der Waals surface area contributed by atoms with Gasteiger partial charge in [0.2, 0.25) is 0 Å². The van der Waals surface area contributed by atoms with Crippen LogP contribution in [0.25, 0.3) is 5.65 Å². The molecule has 0 N–H and O–H groups in total. The second-order valence-electron chi connectivity index (χ2n) is 5.48. The smallest absolute Gasteiger partial charge is 0.137 e. The minimum atomic E-state index is 0.288. The van der Waals surface area contributed by atoms with Gasteiger partial charge < -0.3 is 4.40 Å². The summed E-state index contributed by atoms with van der Waals surface area (Å²) in [6, 6.07) is 6.57. The van der Waals surface area contributed by atoms with E-state index in [1.54, 1.807) is 0 Å². The first-order valence-electron chi connectivity index (χ1n) is 7.01. The van der Waals surface area contributed by atoms with Gasteiger partial charge in [-0.3, -0.25) is 4.90 Å². The van der Waals surface area contributed by atoms with Gasteiger partial charge in [0.15, 0.2) is 0 Å². The van der Waals surface area contributed by atoms with Crippen LogP contribution in [0.2, 0.25) is 0 Å². The highest BCUT2D eigenvalue weighted by atomic mass is 35.5. The van der Waals surface area contributed by atoms with Gasteiger partial charge in [0, 0.05) is 30.4 Å². The SMILES string of the molecule is CN(Cc1cn2ccccc2n1)C1CCCCC1Cl. The van der Waals surface area contributed by atoms with Gasteiger partial charge in [0.1, 0.15) is 5.65 Å². The first-order valence-corrected chi connectivity index (χ1v) is 7.44. The van der Waals surface area contributed by atoms with Gasteiger partial charge in [-0.05, 0) is 32.0 Å². The standard InChI is InChI=1S/C15H20ClN3/c1-18(14-7-3-2-6-13(14)16)10-12-11-19-9-5-4-8-15(19)17-12/h4-5,8-9,11,13-14H,2-3,6-7,10H2,1H3. The van der Waals surface area contributed by atoms with Crippen LogP contribution in [0.5, 0.6) is 0 Å². The maximum atomic E-state index is 6.46. The Hall–Kier alpha value is -1.06. The van der Waals surface area contributed by atoms with Crippen LogP contribution < -0.4 is 0 Å². The van der Waals surface area contributed by atoms with E-state index in [0.29, 0.717) is 6.04 Å². The molecule has 1 fully saturated rings. The molecule has 2 atom stereocenters. The lowest BCUT2D eigenvalue weighted by atomic mass is 9.94. The summed E-state index contributed by atoms with van der Waals surface area (Å²) in [4.78, 5) is 7.01. The van der Waals surface area contributed by atoms with E-state index in [0.717, 1.165) is 24.3 Å². The van der Waals surface area contributed by atoms with E-state index in [1.807, 2.05) is 24.4 Å². The Labute approximate surface area is 119 Å². The first kappa shape index (κ1) is 12.9. The number of hydrogen-bond donors (Lipinski definition) is 0. The van der Waals surface area contributed by atoms with Crippen molar-refractivity contribution in [3.63, 3.8) is 0 Å². The molecule has 0 radical (unpaired) electrons. The number of halogens is 1. The van der Waals surface area contributed by atoms with Crippen molar-refractivity contribution in [1.82, 2.24) is 14.3 Å². The molecule has 0 aliphatic heterocycles. The topological polar surface area (TPSA) is 20.5 Å². The second kappa shape index (κ2) is 5.51. The Kier molecular flexibility index (Phi) is 3.76. The molecule has 19 heavy (non-hydrogen) atoms. The highest BCUT2D eigenvalue weighted by molar-refractivity contribution is 6.21. The zero-order valence-corrected chi connectivity index (χ0v) is 12.1. The molecule has 3 nitrogen and oxygen atoms in total. The third-order valence-corrected chi connectivity index (χ3v) is 4.55. The minimum Gasteiger partial charge on any atom is -0.307 e. The molecular weight excluding hydrogens is 258 g/mol. The summed E-state index contributed by atoms with van der Waals surface area (Å²) in [6.07, 6.45) is 9.06. The van der Waals surface area contributed by atoms with Gasteiger partial charge in [-0.15, -0.1) is 11.6 Å². The summed E-state index contributed by atoms with van der Waals surface area (Å²) < 4.78 is 2.07. The number of rotatable bonds is 3. The van der Waals surface area contributed by atoms with E-state index in [-0.39, 0.29) is 5.38 Å². The Morgan fingerprint density at radius 1 is 1.37 bits per heavy atom. The van der Waals surface area contributed by atoms with Crippen LogP contribution >= 0.6 is 11.6 Å². The van der Waals surface area contributed by atoms with E-state index >= 15 is 0 Å². The third kappa shape index (κ3) is 2.77. The van der Waals surface area contributed by atoms with Crippen LogP contribution in [-0.4, -0.2) is 32.8 Å². The van der Waals surface area contributed by atoms with Crippen LogP contribution in [0, 0.1) is 0 Å². The highest BCUT2D eigenvalue weighted by Crippen LogP contribution is 2.27. The number of fused-ring (bicyclic) bond motifs is 1. The van der Waals surface area contributed by atoms with E-state index < -0.39 is 0 Å². The zero-order valence-electron chi connectivity index (χ0n) is 11.3. The molecular formula is C15H20ClN3. The Balaban J connectivity index is 1.73. The third-order valence-electron chi connectivity index (χ3n) is 4.04. The number of imidazole rings is 1. The Morgan fingerprint density at radius 3 is 3.00 bits per heavy atom. The molecule has 0 spiro atoms. The van der Waals surface area contributed by atoms with E-state index in [9.17, 15) is 0 Å². The predicted octanol–water partition coefficient (Wildman–Crippen LogP) is 3.32. The molecule has 2 heterocycles. The van der Waals surface area contributed by atoms with Crippen molar-refractivity contribution in [2.24, 2.45) is 0 Å². The molecule has 2 aromatic heterocycles.